The second-order valence-electron chi connectivity index (χ2n) is 5.25. The molecule has 0 fully saturated rings. The first kappa shape index (κ1) is 19.1. The van der Waals surface area contributed by atoms with E-state index >= 15 is 0 Å². The highest BCUT2D eigenvalue weighted by atomic mass is 79.9. The van der Waals surface area contributed by atoms with E-state index in [9.17, 15) is 13.2 Å². The van der Waals surface area contributed by atoms with Crippen molar-refractivity contribution in [3.05, 3.63) is 52.5 Å². The Morgan fingerprint density at radius 2 is 1.96 bits per heavy atom. The van der Waals surface area contributed by atoms with Gasteiger partial charge in [-0.1, -0.05) is 19.1 Å². The Morgan fingerprint density at radius 1 is 1.24 bits per heavy atom. The lowest BCUT2D eigenvalue weighted by Crippen LogP contribution is -2.32. The van der Waals surface area contributed by atoms with E-state index in [-0.39, 0.29) is 11.7 Å². The van der Waals surface area contributed by atoms with Crippen molar-refractivity contribution in [2.45, 2.75) is 19.7 Å². The molecule has 2 aromatic rings. The van der Waals surface area contributed by atoms with Crippen LogP contribution in [0.25, 0.3) is 0 Å². The summed E-state index contributed by atoms with van der Waals surface area (Å²) in [4.78, 5) is 1.60. The molecule has 0 unspecified atom stereocenters. The van der Waals surface area contributed by atoms with E-state index in [0.717, 1.165) is 22.1 Å². The lowest BCUT2D eigenvalue weighted by Gasteiger charge is -2.23. The van der Waals surface area contributed by atoms with Gasteiger partial charge in [-0.25, -0.2) is 0 Å². The number of anilines is 2. The smallest absolute Gasteiger partial charge is 0.406 e. The second-order valence-corrected chi connectivity index (χ2v) is 6.10. The first-order valence-electron chi connectivity index (χ1n) is 7.43. The molecular weight excluding hydrogens is 399 g/mol. The SMILES string of the molecule is CCc1ccc(Br)c(N(C)C(=N)Nc2cccc(OC(F)(F)F)c2)c1. The molecule has 25 heavy (non-hydrogen) atoms. The predicted octanol–water partition coefficient (Wildman–Crippen LogP) is 5.39. The summed E-state index contributed by atoms with van der Waals surface area (Å²) < 4.78 is 41.6. The van der Waals surface area contributed by atoms with E-state index in [2.05, 4.69) is 26.0 Å². The van der Waals surface area contributed by atoms with E-state index < -0.39 is 6.36 Å². The summed E-state index contributed by atoms with van der Waals surface area (Å²) in [6, 6.07) is 11.2. The number of rotatable bonds is 4. The zero-order chi connectivity index (χ0) is 18.6. The first-order valence-corrected chi connectivity index (χ1v) is 8.22. The van der Waals surface area contributed by atoms with Crippen LogP contribution in [0.15, 0.2) is 46.9 Å². The summed E-state index contributed by atoms with van der Waals surface area (Å²) >= 11 is 3.45. The molecule has 0 aromatic heterocycles. The predicted molar refractivity (Wildman–Crippen MR) is 96.4 cm³/mol. The molecule has 4 nitrogen and oxygen atoms in total. The Labute approximate surface area is 152 Å². The van der Waals surface area contributed by atoms with Crippen LogP contribution < -0.4 is 15.0 Å². The van der Waals surface area contributed by atoms with Crippen molar-refractivity contribution in [2.24, 2.45) is 0 Å². The van der Waals surface area contributed by atoms with Gasteiger partial charge in [-0.15, -0.1) is 13.2 Å². The average molecular weight is 416 g/mol. The molecule has 0 amide bonds. The van der Waals surface area contributed by atoms with Gasteiger partial charge >= 0.3 is 6.36 Å². The summed E-state index contributed by atoms with van der Waals surface area (Å²) in [5, 5.41) is 10.9. The minimum atomic E-state index is -4.76. The van der Waals surface area contributed by atoms with Crippen LogP contribution in [0.4, 0.5) is 24.5 Å². The standard InChI is InChI=1S/C17H17BrF3N3O/c1-3-11-7-8-14(18)15(9-11)24(2)16(22)23-12-5-4-6-13(10-12)25-17(19,20)21/h4-10H,3H2,1-2H3,(H2,22,23). The molecule has 2 rings (SSSR count). The molecule has 0 atom stereocenters. The number of halogens is 4. The van der Waals surface area contributed by atoms with Crippen LogP contribution >= 0.6 is 15.9 Å². The Morgan fingerprint density at radius 3 is 2.60 bits per heavy atom. The summed E-state index contributed by atoms with van der Waals surface area (Å²) in [5.41, 5.74) is 2.21. The highest BCUT2D eigenvalue weighted by Gasteiger charge is 2.31. The van der Waals surface area contributed by atoms with Crippen molar-refractivity contribution in [1.29, 1.82) is 5.41 Å². The zero-order valence-electron chi connectivity index (χ0n) is 13.6. The van der Waals surface area contributed by atoms with Crippen LogP contribution in [-0.4, -0.2) is 19.4 Å². The minimum Gasteiger partial charge on any atom is -0.406 e. The average Bonchev–Trinajstić information content (AvgIpc) is 2.53. The third-order valence-corrected chi connectivity index (χ3v) is 4.12. The molecule has 0 bridgehead atoms. The lowest BCUT2D eigenvalue weighted by atomic mass is 10.1. The van der Waals surface area contributed by atoms with Crippen molar-refractivity contribution in [3.8, 4) is 5.75 Å². The monoisotopic (exact) mass is 415 g/mol. The molecule has 0 saturated heterocycles. The second kappa shape index (κ2) is 7.77. The Kier molecular flexibility index (Phi) is 5.94. The van der Waals surface area contributed by atoms with E-state index in [1.165, 1.54) is 18.2 Å². The van der Waals surface area contributed by atoms with Gasteiger partial charge in [-0.3, -0.25) is 5.41 Å². The van der Waals surface area contributed by atoms with Crippen molar-refractivity contribution < 1.29 is 17.9 Å². The molecule has 2 N–H and O–H groups in total. The number of hydrogen-bond donors (Lipinski definition) is 2. The largest absolute Gasteiger partial charge is 0.573 e. The van der Waals surface area contributed by atoms with Gasteiger partial charge in [0.25, 0.3) is 0 Å². The Balaban J connectivity index is 2.15. The highest BCUT2D eigenvalue weighted by molar-refractivity contribution is 9.10. The maximum atomic E-state index is 12.3. The number of nitrogens with zero attached hydrogens (tertiary/aromatic N) is 1. The Bertz CT molecular complexity index is 765. The van der Waals surface area contributed by atoms with E-state index in [1.807, 2.05) is 25.1 Å². The van der Waals surface area contributed by atoms with Crippen molar-refractivity contribution in [2.75, 3.05) is 17.3 Å². The van der Waals surface area contributed by atoms with Gasteiger partial charge < -0.3 is 15.0 Å². The molecule has 0 radical (unpaired) electrons. The maximum absolute atomic E-state index is 12.3. The van der Waals surface area contributed by atoms with Crippen molar-refractivity contribution in [1.82, 2.24) is 0 Å². The maximum Gasteiger partial charge on any atom is 0.573 e. The number of ether oxygens (including phenoxy) is 1. The molecule has 134 valence electrons. The van der Waals surface area contributed by atoms with Gasteiger partial charge in [-0.2, -0.15) is 0 Å². The summed E-state index contributed by atoms with van der Waals surface area (Å²) in [7, 11) is 1.70. The molecule has 0 heterocycles. The van der Waals surface area contributed by atoms with Crippen molar-refractivity contribution in [3.63, 3.8) is 0 Å². The number of guanidine groups is 1. The first-order chi connectivity index (χ1) is 11.7. The number of nitrogens with one attached hydrogen (secondary N) is 2. The zero-order valence-corrected chi connectivity index (χ0v) is 15.2. The molecule has 0 spiro atoms. The Hall–Kier alpha value is -2.22. The molecule has 0 aliphatic carbocycles. The fraction of sp³-hybridized carbons (Fsp3) is 0.235. The number of alkyl halides is 3. The summed E-state index contributed by atoms with van der Waals surface area (Å²) in [6.07, 6.45) is -3.90. The van der Waals surface area contributed by atoms with Crippen LogP contribution in [-0.2, 0) is 6.42 Å². The molecule has 8 heteroatoms. The van der Waals surface area contributed by atoms with Crippen LogP contribution in [0.1, 0.15) is 12.5 Å². The van der Waals surface area contributed by atoms with E-state index in [4.69, 9.17) is 5.41 Å². The molecule has 2 aromatic carbocycles. The number of hydrogen-bond acceptors (Lipinski definition) is 2. The summed E-state index contributed by atoms with van der Waals surface area (Å²) in [5.74, 6) is -0.333. The van der Waals surface area contributed by atoms with Gasteiger partial charge in [0, 0.05) is 23.3 Å². The topological polar surface area (TPSA) is 48.4 Å². The minimum absolute atomic E-state index is 0.0121. The third kappa shape index (κ3) is 5.38. The van der Waals surface area contributed by atoms with Gasteiger partial charge in [-0.05, 0) is 52.2 Å². The number of benzene rings is 2. The molecule has 0 aliphatic rings. The number of aryl methyl sites for hydroxylation is 1. The van der Waals surface area contributed by atoms with Gasteiger partial charge in [0.2, 0.25) is 0 Å². The normalized spacial score (nSPS) is 11.1. The fourth-order valence-electron chi connectivity index (χ4n) is 2.15. The molecule has 0 aliphatic heterocycles. The van der Waals surface area contributed by atoms with Gasteiger partial charge in [0.05, 0.1) is 5.69 Å². The third-order valence-electron chi connectivity index (χ3n) is 3.45. The fourth-order valence-corrected chi connectivity index (χ4v) is 2.66. The van der Waals surface area contributed by atoms with Gasteiger partial charge in [0.1, 0.15) is 5.75 Å². The summed E-state index contributed by atoms with van der Waals surface area (Å²) in [6.45, 7) is 2.03. The highest BCUT2D eigenvalue weighted by Crippen LogP contribution is 2.28. The van der Waals surface area contributed by atoms with Crippen LogP contribution in [0.5, 0.6) is 5.75 Å². The van der Waals surface area contributed by atoms with Crippen LogP contribution in [0.3, 0.4) is 0 Å². The van der Waals surface area contributed by atoms with Crippen molar-refractivity contribution >= 4 is 33.3 Å². The lowest BCUT2D eigenvalue weighted by molar-refractivity contribution is -0.274. The van der Waals surface area contributed by atoms with Crippen LogP contribution in [0, 0.1) is 5.41 Å². The van der Waals surface area contributed by atoms with Crippen LogP contribution in [0.2, 0.25) is 0 Å². The quantitative estimate of drug-likeness (QED) is 0.519. The molecular formula is C17H17BrF3N3O. The van der Waals surface area contributed by atoms with Gasteiger partial charge in [0.15, 0.2) is 5.96 Å². The van der Waals surface area contributed by atoms with E-state index in [1.54, 1.807) is 18.0 Å². The van der Waals surface area contributed by atoms with E-state index in [0.29, 0.717) is 5.69 Å². The molecule has 0 saturated carbocycles.